The van der Waals surface area contributed by atoms with Crippen LogP contribution in [-0.2, 0) is 20.4 Å². The molecule has 2 heterocycles. The van der Waals surface area contributed by atoms with Crippen molar-refractivity contribution in [3.05, 3.63) is 30.5 Å². The van der Waals surface area contributed by atoms with E-state index in [2.05, 4.69) is 35.5 Å². The van der Waals surface area contributed by atoms with Gasteiger partial charge in [0.15, 0.2) is 0 Å². The van der Waals surface area contributed by atoms with Crippen molar-refractivity contribution in [3.63, 3.8) is 0 Å². The van der Waals surface area contributed by atoms with Gasteiger partial charge in [0, 0.05) is 23.3 Å². The van der Waals surface area contributed by atoms with E-state index < -0.39 is 10.0 Å². The Balaban J connectivity index is 0.000000858. The van der Waals surface area contributed by atoms with E-state index in [9.17, 15) is 8.42 Å². The number of carboxylic acid groups (broad SMARTS) is 1. The van der Waals surface area contributed by atoms with E-state index in [0.29, 0.717) is 11.5 Å². The van der Waals surface area contributed by atoms with Crippen LogP contribution >= 0.6 is 0 Å². The van der Waals surface area contributed by atoms with Gasteiger partial charge in [-0.1, -0.05) is 6.07 Å². The second-order valence-corrected chi connectivity index (χ2v) is 9.97. The Bertz CT molecular complexity index is 1230. The summed E-state index contributed by atoms with van der Waals surface area (Å²) in [4.78, 5) is 16.9. The number of nitrogens with one attached hydrogen (secondary N) is 1. The molecule has 1 saturated carbocycles. The van der Waals surface area contributed by atoms with E-state index in [1.54, 1.807) is 12.3 Å². The van der Waals surface area contributed by atoms with Gasteiger partial charge in [0.05, 0.1) is 11.0 Å². The van der Waals surface area contributed by atoms with Crippen LogP contribution in [0.15, 0.2) is 35.4 Å². The summed E-state index contributed by atoms with van der Waals surface area (Å²) in [5.41, 5.74) is 14.9. The van der Waals surface area contributed by atoms with E-state index in [1.807, 2.05) is 22.8 Å². The number of nitrogens with zero attached hydrogens (tertiary/aromatic N) is 3. The van der Waals surface area contributed by atoms with Gasteiger partial charge in [0.2, 0.25) is 16.0 Å². The number of benzene rings is 1. The molecule has 4 rings (SSSR count). The number of fused-ring (bicyclic) bond motifs is 1. The van der Waals surface area contributed by atoms with Crippen molar-refractivity contribution < 1.29 is 18.3 Å². The van der Waals surface area contributed by atoms with Gasteiger partial charge < -0.3 is 21.1 Å². The Morgan fingerprint density at radius 1 is 1.19 bits per heavy atom. The molecular weight excluding hydrogens is 420 g/mol. The maximum Gasteiger partial charge on any atom is 0.290 e. The summed E-state index contributed by atoms with van der Waals surface area (Å²) in [6, 6.07) is 7.25. The van der Waals surface area contributed by atoms with Crippen LogP contribution in [0.25, 0.3) is 22.2 Å². The molecule has 1 aliphatic rings. The molecular formula is C20H26N6O4S. The fraction of sp³-hybridized carbons (Fsp3) is 0.350. The minimum absolute atomic E-state index is 0.000778. The lowest BCUT2D eigenvalue weighted by Gasteiger charge is -2.23. The largest absolute Gasteiger partial charge is 0.483 e. The molecule has 0 amide bonds. The van der Waals surface area contributed by atoms with Crippen molar-refractivity contribution in [2.75, 3.05) is 11.5 Å². The number of sulfonamides is 1. The van der Waals surface area contributed by atoms with E-state index in [4.69, 9.17) is 21.4 Å². The fourth-order valence-corrected chi connectivity index (χ4v) is 4.70. The van der Waals surface area contributed by atoms with E-state index in [1.165, 1.54) is 0 Å². The van der Waals surface area contributed by atoms with Crippen molar-refractivity contribution >= 4 is 39.3 Å². The van der Waals surface area contributed by atoms with Gasteiger partial charge in [0.25, 0.3) is 6.47 Å². The molecule has 0 spiro atoms. The summed E-state index contributed by atoms with van der Waals surface area (Å²) in [7, 11) is -3.70. The fourth-order valence-electron chi connectivity index (χ4n) is 3.29. The van der Waals surface area contributed by atoms with Crippen LogP contribution in [0.2, 0.25) is 0 Å². The molecule has 11 heteroatoms. The number of pyridine rings is 1. The van der Waals surface area contributed by atoms with Crippen molar-refractivity contribution in [2.24, 2.45) is 0 Å². The third-order valence-electron chi connectivity index (χ3n) is 4.76. The van der Waals surface area contributed by atoms with Gasteiger partial charge >= 0.3 is 0 Å². The van der Waals surface area contributed by atoms with Gasteiger partial charge in [-0.3, -0.25) is 4.79 Å². The number of hydrogen-bond donors (Lipinski definition) is 4. The van der Waals surface area contributed by atoms with E-state index >= 15 is 0 Å². The van der Waals surface area contributed by atoms with Crippen LogP contribution in [0.3, 0.4) is 0 Å². The molecule has 6 N–H and O–H groups in total. The predicted molar refractivity (Wildman–Crippen MR) is 119 cm³/mol. The molecule has 31 heavy (non-hydrogen) atoms. The van der Waals surface area contributed by atoms with Gasteiger partial charge in [0.1, 0.15) is 10.7 Å². The summed E-state index contributed by atoms with van der Waals surface area (Å²) >= 11 is 0. The molecule has 3 aromatic rings. The second-order valence-electron chi connectivity index (χ2n) is 8.29. The summed E-state index contributed by atoms with van der Waals surface area (Å²) in [6.45, 7) is 5.91. The van der Waals surface area contributed by atoms with Crippen LogP contribution in [0, 0.1) is 0 Å². The quantitative estimate of drug-likeness (QED) is 0.442. The highest BCUT2D eigenvalue weighted by Gasteiger charge is 2.30. The highest BCUT2D eigenvalue weighted by atomic mass is 32.2. The van der Waals surface area contributed by atoms with Crippen LogP contribution in [0.5, 0.6) is 0 Å². The van der Waals surface area contributed by atoms with E-state index in [0.717, 1.165) is 29.4 Å². The maximum absolute atomic E-state index is 12.6. The number of imidazole rings is 1. The average molecular weight is 447 g/mol. The molecule has 0 unspecified atom stereocenters. The zero-order valence-corrected chi connectivity index (χ0v) is 18.3. The first kappa shape index (κ1) is 22.5. The third kappa shape index (κ3) is 4.78. The Morgan fingerprint density at radius 2 is 1.84 bits per heavy atom. The summed E-state index contributed by atoms with van der Waals surface area (Å²) in [6.07, 6.45) is 3.27. The van der Waals surface area contributed by atoms with Gasteiger partial charge in [-0.05, 0) is 57.4 Å². The molecule has 0 aliphatic heterocycles. The Kier molecular flexibility index (Phi) is 5.92. The number of carbonyl (C=O) groups is 1. The second kappa shape index (κ2) is 8.16. The lowest BCUT2D eigenvalue weighted by Crippen LogP contribution is -2.26. The molecule has 10 nitrogen and oxygen atoms in total. The molecule has 0 radical (unpaired) electrons. The molecule has 0 saturated heterocycles. The molecule has 1 fully saturated rings. The number of hydrogen-bond acceptors (Lipinski definition) is 7. The Hall–Kier alpha value is -3.18. The van der Waals surface area contributed by atoms with Crippen molar-refractivity contribution in [1.29, 1.82) is 0 Å². The van der Waals surface area contributed by atoms with Crippen LogP contribution < -0.4 is 16.2 Å². The first-order valence-electron chi connectivity index (χ1n) is 9.62. The monoisotopic (exact) mass is 446 g/mol. The zero-order valence-electron chi connectivity index (χ0n) is 17.5. The van der Waals surface area contributed by atoms with E-state index in [-0.39, 0.29) is 28.8 Å². The average Bonchev–Trinajstić information content (AvgIpc) is 3.39. The number of anilines is 2. The number of nitrogen functional groups attached to an aromatic ring is 2. The summed E-state index contributed by atoms with van der Waals surface area (Å²) in [5, 5.41) is 6.89. The Labute approximate surface area is 180 Å². The lowest BCUT2D eigenvalue weighted by molar-refractivity contribution is -0.122. The minimum Gasteiger partial charge on any atom is -0.483 e. The molecule has 2 aromatic heterocycles. The highest BCUT2D eigenvalue weighted by Crippen LogP contribution is 2.32. The van der Waals surface area contributed by atoms with Gasteiger partial charge in [-0.2, -0.15) is 0 Å². The number of rotatable bonds is 4. The third-order valence-corrected chi connectivity index (χ3v) is 6.30. The minimum atomic E-state index is -3.70. The molecule has 1 aliphatic carbocycles. The normalized spacial score (nSPS) is 14.2. The standard InChI is InChI=1S/C19H24N6O2S.CH2O2/c1-19(2,3)25-15-8-11(4-7-14(15)23-18(25)21)12-9-16(17(20)22-10-12)28(26,27)24-13-5-6-13;2-1-3/h4,7-10,13,24H,5-6H2,1-3H3,(H2,20,22)(H2,21,23);1H,(H,2,3). The molecule has 166 valence electrons. The first-order valence-corrected chi connectivity index (χ1v) is 11.1. The SMILES string of the molecule is CC(C)(C)n1c(N)nc2ccc(-c3cnc(N)c(S(=O)(=O)NC4CC4)c3)cc21.O=CO. The highest BCUT2D eigenvalue weighted by molar-refractivity contribution is 7.89. The zero-order chi connectivity index (χ0) is 23.0. The topological polar surface area (TPSA) is 166 Å². The van der Waals surface area contributed by atoms with Gasteiger partial charge in [-0.15, -0.1) is 0 Å². The maximum atomic E-state index is 12.6. The van der Waals surface area contributed by atoms with Crippen LogP contribution in [0.4, 0.5) is 11.8 Å². The summed E-state index contributed by atoms with van der Waals surface area (Å²) in [5.74, 6) is 0.425. The van der Waals surface area contributed by atoms with Crippen molar-refractivity contribution in [1.82, 2.24) is 19.3 Å². The predicted octanol–water partition coefficient (Wildman–Crippen LogP) is 2.16. The van der Waals surface area contributed by atoms with Gasteiger partial charge in [-0.25, -0.2) is 23.1 Å². The smallest absolute Gasteiger partial charge is 0.290 e. The lowest BCUT2D eigenvalue weighted by atomic mass is 10.1. The first-order chi connectivity index (χ1) is 14.5. The van der Waals surface area contributed by atoms with Crippen molar-refractivity contribution in [3.8, 4) is 11.1 Å². The molecule has 0 bridgehead atoms. The molecule has 0 atom stereocenters. The number of nitrogens with two attached hydrogens (primary N) is 2. The van der Waals surface area contributed by atoms with Crippen LogP contribution in [0.1, 0.15) is 33.6 Å². The number of aromatic nitrogens is 3. The van der Waals surface area contributed by atoms with Crippen molar-refractivity contribution in [2.45, 2.75) is 50.1 Å². The van der Waals surface area contributed by atoms with Crippen LogP contribution in [-0.4, -0.2) is 40.6 Å². The Morgan fingerprint density at radius 3 is 2.42 bits per heavy atom. The molecule has 1 aromatic carbocycles. The summed E-state index contributed by atoms with van der Waals surface area (Å²) < 4.78 is 29.9.